The number of esters is 1. The lowest BCUT2D eigenvalue weighted by atomic mass is 9.94. The fraction of sp³-hybridized carbons (Fsp3) is 0.207. The van der Waals surface area contributed by atoms with Crippen LogP contribution in [0.25, 0.3) is 17.4 Å². The largest absolute Gasteiger partial charge is 0.497 e. The molecule has 0 bridgehead atoms. The molecule has 2 aromatic heterocycles. The van der Waals surface area contributed by atoms with Gasteiger partial charge >= 0.3 is 5.97 Å². The van der Waals surface area contributed by atoms with Crippen molar-refractivity contribution in [1.82, 2.24) is 4.57 Å². The number of fused-ring (bicyclic) bond motifs is 1. The number of nitro benzene ring substituents is 2. The van der Waals surface area contributed by atoms with E-state index < -0.39 is 27.4 Å². The summed E-state index contributed by atoms with van der Waals surface area (Å²) in [6.45, 7) is 4.93. The van der Waals surface area contributed by atoms with Crippen molar-refractivity contribution >= 4 is 34.8 Å². The summed E-state index contributed by atoms with van der Waals surface area (Å²) < 4.78 is 17.7. The minimum absolute atomic E-state index is 0.0774. The van der Waals surface area contributed by atoms with Crippen LogP contribution in [0.5, 0.6) is 5.75 Å². The van der Waals surface area contributed by atoms with Gasteiger partial charge in [0.05, 0.1) is 57.0 Å². The fourth-order valence-corrected chi connectivity index (χ4v) is 5.83. The van der Waals surface area contributed by atoms with Gasteiger partial charge in [-0.15, -0.1) is 0 Å². The highest BCUT2D eigenvalue weighted by Crippen LogP contribution is 2.35. The molecule has 0 unspecified atom stereocenters. The second kappa shape index (κ2) is 11.5. The van der Waals surface area contributed by atoms with Crippen molar-refractivity contribution < 1.29 is 28.5 Å². The topological polar surface area (TPSA) is 169 Å². The Morgan fingerprint density at radius 2 is 1.84 bits per heavy atom. The molecule has 0 aliphatic carbocycles. The minimum Gasteiger partial charge on any atom is -0.497 e. The number of rotatable bonds is 8. The molecule has 0 saturated heterocycles. The van der Waals surface area contributed by atoms with E-state index >= 15 is 0 Å². The molecule has 0 radical (unpaired) electrons. The predicted octanol–water partition coefficient (Wildman–Crippen LogP) is 4.19. The van der Waals surface area contributed by atoms with Crippen LogP contribution >= 0.6 is 11.3 Å². The number of ether oxygens (including phenoxy) is 2. The molecule has 4 aromatic rings. The normalized spacial score (nSPS) is 14.7. The van der Waals surface area contributed by atoms with E-state index in [1.165, 1.54) is 36.0 Å². The summed E-state index contributed by atoms with van der Waals surface area (Å²) in [7, 11) is 1.40. The lowest BCUT2D eigenvalue weighted by Gasteiger charge is -2.24. The number of aryl methyl sites for hydroxylation is 1. The molecule has 2 aromatic carbocycles. The highest BCUT2D eigenvalue weighted by molar-refractivity contribution is 7.07. The van der Waals surface area contributed by atoms with Crippen LogP contribution in [0, 0.1) is 27.2 Å². The van der Waals surface area contributed by atoms with Gasteiger partial charge < -0.3 is 13.9 Å². The average Bonchev–Trinajstić information content (AvgIpc) is 3.56. The Hall–Kier alpha value is -5.37. The number of carbonyl (C=O) groups is 1. The molecule has 0 spiro atoms. The number of allylic oxidation sites excluding steroid dienone is 1. The molecule has 13 nitrogen and oxygen atoms in total. The lowest BCUT2D eigenvalue weighted by Crippen LogP contribution is -2.40. The van der Waals surface area contributed by atoms with Crippen LogP contribution in [0.15, 0.2) is 74.0 Å². The van der Waals surface area contributed by atoms with E-state index in [1.54, 1.807) is 51.1 Å². The fourth-order valence-electron chi connectivity index (χ4n) is 4.80. The summed E-state index contributed by atoms with van der Waals surface area (Å²) in [5.74, 6) is 0.0743. The third-order valence-corrected chi connectivity index (χ3v) is 7.81. The molecule has 43 heavy (non-hydrogen) atoms. The third-order valence-electron chi connectivity index (χ3n) is 6.83. The Morgan fingerprint density at radius 1 is 1.09 bits per heavy atom. The molecular formula is C29H24N4O9S. The lowest BCUT2D eigenvalue weighted by molar-refractivity contribution is -0.385. The van der Waals surface area contributed by atoms with Gasteiger partial charge in [-0.3, -0.25) is 29.6 Å². The molecule has 0 fully saturated rings. The molecule has 5 rings (SSSR count). The number of benzene rings is 2. The van der Waals surface area contributed by atoms with Crippen LogP contribution < -0.4 is 19.6 Å². The van der Waals surface area contributed by atoms with E-state index in [9.17, 15) is 29.8 Å². The van der Waals surface area contributed by atoms with Gasteiger partial charge in [-0.1, -0.05) is 23.5 Å². The van der Waals surface area contributed by atoms with Gasteiger partial charge in [0.2, 0.25) is 0 Å². The standard InChI is InChI=1S/C29H24N4O9S/c1-5-41-28(35)25-16(3)30-29-31(26(25)17-7-6-15(2)21(12-17)32(36)37)27(34)24(43-29)14-19-9-11-23(42-19)20-10-8-18(40-4)13-22(20)33(38)39/h6-14,26H,5H2,1-4H3/b24-14+/t26-/m1/s1. The molecule has 1 atom stereocenters. The number of furan rings is 1. The van der Waals surface area contributed by atoms with Crippen LogP contribution in [0.2, 0.25) is 0 Å². The summed E-state index contributed by atoms with van der Waals surface area (Å²) in [6.07, 6.45) is 1.47. The first-order valence-corrected chi connectivity index (χ1v) is 13.7. The van der Waals surface area contributed by atoms with Crippen molar-refractivity contribution in [2.75, 3.05) is 13.7 Å². The van der Waals surface area contributed by atoms with Crippen molar-refractivity contribution in [1.29, 1.82) is 0 Å². The van der Waals surface area contributed by atoms with Crippen molar-refractivity contribution in [3.63, 3.8) is 0 Å². The van der Waals surface area contributed by atoms with Crippen molar-refractivity contribution in [3.05, 3.63) is 117 Å². The Kier molecular flexibility index (Phi) is 7.78. The Bertz CT molecular complexity index is 2020. The zero-order chi connectivity index (χ0) is 31.0. The molecule has 0 amide bonds. The average molecular weight is 605 g/mol. The second-order valence-electron chi connectivity index (χ2n) is 9.45. The van der Waals surface area contributed by atoms with Crippen LogP contribution in [0.1, 0.15) is 36.8 Å². The highest BCUT2D eigenvalue weighted by atomic mass is 32.1. The molecule has 1 aliphatic heterocycles. The van der Waals surface area contributed by atoms with Crippen LogP contribution in [0.4, 0.5) is 11.4 Å². The van der Waals surface area contributed by atoms with Crippen LogP contribution in [-0.4, -0.2) is 34.1 Å². The summed E-state index contributed by atoms with van der Waals surface area (Å²) in [6, 6.07) is 11.0. The monoisotopic (exact) mass is 604 g/mol. The highest BCUT2D eigenvalue weighted by Gasteiger charge is 2.34. The van der Waals surface area contributed by atoms with E-state index in [1.807, 2.05) is 0 Å². The zero-order valence-corrected chi connectivity index (χ0v) is 24.2. The summed E-state index contributed by atoms with van der Waals surface area (Å²) in [5.41, 5.74) is 0.501. The second-order valence-corrected chi connectivity index (χ2v) is 10.5. The number of hydrogen-bond donors (Lipinski definition) is 0. The number of nitrogens with zero attached hydrogens (tertiary/aromatic N) is 4. The number of methoxy groups -OCH3 is 1. The number of thiazole rings is 1. The van der Waals surface area contributed by atoms with E-state index in [4.69, 9.17) is 13.9 Å². The first-order valence-electron chi connectivity index (χ1n) is 12.9. The van der Waals surface area contributed by atoms with Crippen molar-refractivity contribution in [3.8, 4) is 17.1 Å². The SMILES string of the molecule is CCOC(=O)C1=C(C)N=c2s/c(=C/c3ccc(-c4ccc(OC)cc4[N+](=O)[O-])o3)c(=O)n2[C@@H]1c1ccc(C)c([N+](=O)[O-])c1. The van der Waals surface area contributed by atoms with Crippen molar-refractivity contribution in [2.24, 2.45) is 4.99 Å². The zero-order valence-electron chi connectivity index (χ0n) is 23.4. The number of hydrogen-bond acceptors (Lipinski definition) is 11. The van der Waals surface area contributed by atoms with E-state index in [0.29, 0.717) is 22.6 Å². The molecular weight excluding hydrogens is 580 g/mol. The summed E-state index contributed by atoms with van der Waals surface area (Å²) in [4.78, 5) is 54.0. The number of nitro groups is 2. The first kappa shape index (κ1) is 29.1. The maximum Gasteiger partial charge on any atom is 0.338 e. The Morgan fingerprint density at radius 3 is 2.51 bits per heavy atom. The minimum atomic E-state index is -1.04. The molecule has 3 heterocycles. The van der Waals surface area contributed by atoms with Crippen molar-refractivity contribution in [2.45, 2.75) is 26.8 Å². The van der Waals surface area contributed by atoms with Crippen LogP contribution in [-0.2, 0) is 9.53 Å². The Labute approximate surface area is 246 Å². The van der Waals surface area contributed by atoms with Gasteiger partial charge in [0, 0.05) is 17.7 Å². The Balaban J connectivity index is 1.65. The smallest absolute Gasteiger partial charge is 0.338 e. The predicted molar refractivity (Wildman–Crippen MR) is 156 cm³/mol. The number of carbonyl (C=O) groups excluding carboxylic acids is 1. The molecule has 0 saturated carbocycles. The summed E-state index contributed by atoms with van der Waals surface area (Å²) >= 11 is 1.04. The van der Waals surface area contributed by atoms with Gasteiger partial charge in [0.1, 0.15) is 17.3 Å². The van der Waals surface area contributed by atoms with Gasteiger partial charge in [-0.05, 0) is 50.6 Å². The maximum atomic E-state index is 13.8. The van der Waals surface area contributed by atoms with Gasteiger partial charge in [0.15, 0.2) is 4.80 Å². The summed E-state index contributed by atoms with van der Waals surface area (Å²) in [5, 5.41) is 23.4. The van der Waals surface area contributed by atoms with E-state index in [-0.39, 0.29) is 50.0 Å². The molecule has 1 aliphatic rings. The molecule has 14 heteroatoms. The van der Waals surface area contributed by atoms with Gasteiger partial charge in [0.25, 0.3) is 16.9 Å². The van der Waals surface area contributed by atoms with Gasteiger partial charge in [-0.2, -0.15) is 0 Å². The number of aromatic nitrogens is 1. The molecule has 220 valence electrons. The van der Waals surface area contributed by atoms with E-state index in [2.05, 4.69) is 4.99 Å². The van der Waals surface area contributed by atoms with Crippen LogP contribution in [0.3, 0.4) is 0 Å². The quantitative estimate of drug-likeness (QED) is 0.163. The molecule has 0 N–H and O–H groups in total. The van der Waals surface area contributed by atoms with E-state index in [0.717, 1.165) is 11.3 Å². The third kappa shape index (κ3) is 5.35. The first-order chi connectivity index (χ1) is 20.5. The maximum absolute atomic E-state index is 13.8. The van der Waals surface area contributed by atoms with Gasteiger partial charge in [-0.25, -0.2) is 9.79 Å².